The number of fused-ring (bicyclic) bond motifs is 2. The normalized spacial score (nSPS) is 21.3. The quantitative estimate of drug-likeness (QED) is 0.487. The van der Waals surface area contributed by atoms with E-state index in [0.29, 0.717) is 30.6 Å². The minimum atomic E-state index is -4.01. The van der Waals surface area contributed by atoms with E-state index >= 15 is 0 Å². The summed E-state index contributed by atoms with van der Waals surface area (Å²) >= 11 is 0. The summed E-state index contributed by atoms with van der Waals surface area (Å²) in [5.41, 5.74) is 0.957. The fourth-order valence-corrected chi connectivity index (χ4v) is 6.04. The van der Waals surface area contributed by atoms with Crippen LogP contribution in [0.5, 0.6) is 17.2 Å². The van der Waals surface area contributed by atoms with Gasteiger partial charge >= 0.3 is 0 Å². The lowest BCUT2D eigenvalue weighted by atomic mass is 9.86. The number of halogens is 3. The third-order valence-electron chi connectivity index (χ3n) is 6.40. The maximum absolute atomic E-state index is 13.9. The third-order valence-corrected chi connectivity index (χ3v) is 7.90. The fourth-order valence-electron chi connectivity index (χ4n) is 4.76. The monoisotopic (exact) mass is 520 g/mol. The van der Waals surface area contributed by atoms with E-state index in [-0.39, 0.29) is 22.1 Å². The van der Waals surface area contributed by atoms with Gasteiger partial charge in [-0.2, -0.15) is 0 Å². The van der Waals surface area contributed by atoms with Crippen molar-refractivity contribution >= 4 is 21.4 Å². The molecule has 5 rings (SSSR count). The SMILES string of the molecule is O=S(=O)(N[C@@H]1CCC[C@H](N2c3ccc(F)cc3Oc3cc(F)ccc32)[C@H]1O)c1ccc(OCF)cc1. The van der Waals surface area contributed by atoms with Gasteiger partial charge in [-0.15, -0.1) is 0 Å². The number of nitrogens with zero attached hydrogens (tertiary/aromatic N) is 1. The Morgan fingerprint density at radius 1 is 0.972 bits per heavy atom. The number of alkyl halides is 1. The Balaban J connectivity index is 1.44. The number of ether oxygens (including phenoxy) is 2. The first-order valence-electron chi connectivity index (χ1n) is 11.3. The van der Waals surface area contributed by atoms with Gasteiger partial charge in [0.25, 0.3) is 0 Å². The molecule has 1 heterocycles. The zero-order valence-electron chi connectivity index (χ0n) is 18.9. The number of hydrogen-bond acceptors (Lipinski definition) is 6. The lowest BCUT2D eigenvalue weighted by Crippen LogP contribution is -2.56. The van der Waals surface area contributed by atoms with Crippen molar-refractivity contribution in [3.8, 4) is 17.2 Å². The van der Waals surface area contributed by atoms with Crippen molar-refractivity contribution in [2.75, 3.05) is 11.8 Å². The average Bonchev–Trinajstić information content (AvgIpc) is 2.84. The van der Waals surface area contributed by atoms with Gasteiger partial charge in [0, 0.05) is 12.1 Å². The standard InChI is InChI=1S/C25H23F3N2O5S/c26-14-34-17-6-8-18(9-7-17)36(32,33)29-19-2-1-3-22(25(19)31)30-20-10-4-15(27)12-23(20)35-24-13-16(28)5-11-21(24)30/h4-13,19,22,25,29,31H,1-3,14H2/t19-,22+,25+/m1/s1. The van der Waals surface area contributed by atoms with Crippen molar-refractivity contribution in [1.29, 1.82) is 0 Å². The summed E-state index contributed by atoms with van der Waals surface area (Å²) in [6.07, 6.45) is 0.318. The molecule has 1 aliphatic heterocycles. The molecule has 0 unspecified atom stereocenters. The topological polar surface area (TPSA) is 88.1 Å². The van der Waals surface area contributed by atoms with E-state index in [1.165, 1.54) is 60.7 Å². The second-order valence-electron chi connectivity index (χ2n) is 8.64. The van der Waals surface area contributed by atoms with Gasteiger partial charge in [-0.05, 0) is 67.8 Å². The van der Waals surface area contributed by atoms with Gasteiger partial charge in [0.2, 0.25) is 16.9 Å². The van der Waals surface area contributed by atoms with Crippen LogP contribution in [0.4, 0.5) is 24.5 Å². The van der Waals surface area contributed by atoms with Crippen molar-refractivity contribution in [2.45, 2.75) is 42.3 Å². The zero-order chi connectivity index (χ0) is 25.4. The minimum absolute atomic E-state index is 0.0592. The highest BCUT2D eigenvalue weighted by Gasteiger charge is 2.41. The number of aliphatic hydroxyl groups is 1. The number of hydrogen-bond donors (Lipinski definition) is 2. The first-order chi connectivity index (χ1) is 17.3. The molecule has 36 heavy (non-hydrogen) atoms. The van der Waals surface area contributed by atoms with Gasteiger partial charge in [-0.1, -0.05) is 0 Å². The zero-order valence-corrected chi connectivity index (χ0v) is 19.7. The predicted octanol–water partition coefficient (Wildman–Crippen LogP) is 4.77. The summed E-state index contributed by atoms with van der Waals surface area (Å²) in [6.45, 7) is -1.03. The van der Waals surface area contributed by atoms with E-state index in [4.69, 9.17) is 9.47 Å². The van der Waals surface area contributed by atoms with Gasteiger partial charge in [-0.3, -0.25) is 0 Å². The van der Waals surface area contributed by atoms with Crippen molar-refractivity contribution in [3.05, 3.63) is 72.3 Å². The Morgan fingerprint density at radius 2 is 1.58 bits per heavy atom. The van der Waals surface area contributed by atoms with Crippen LogP contribution < -0.4 is 19.1 Å². The van der Waals surface area contributed by atoms with Gasteiger partial charge in [0.05, 0.1) is 34.5 Å². The van der Waals surface area contributed by atoms with Crippen molar-refractivity contribution in [1.82, 2.24) is 4.72 Å². The van der Waals surface area contributed by atoms with E-state index in [1.54, 1.807) is 4.90 Å². The second kappa shape index (κ2) is 9.64. The number of benzene rings is 3. The van der Waals surface area contributed by atoms with E-state index in [0.717, 1.165) is 0 Å². The van der Waals surface area contributed by atoms with Crippen LogP contribution in [0.25, 0.3) is 0 Å². The van der Waals surface area contributed by atoms with Crippen LogP contribution in [-0.4, -0.2) is 38.6 Å². The summed E-state index contributed by atoms with van der Waals surface area (Å²) in [5, 5.41) is 11.3. The van der Waals surface area contributed by atoms with Gasteiger partial charge < -0.3 is 19.5 Å². The van der Waals surface area contributed by atoms with E-state index in [2.05, 4.69) is 4.72 Å². The molecule has 0 saturated heterocycles. The Hall–Kier alpha value is -3.28. The Kier molecular flexibility index (Phi) is 6.54. The minimum Gasteiger partial charge on any atom is -0.463 e. The summed E-state index contributed by atoms with van der Waals surface area (Å²) < 4.78 is 79.3. The number of rotatable bonds is 6. The molecular weight excluding hydrogens is 497 g/mol. The maximum Gasteiger partial charge on any atom is 0.240 e. The van der Waals surface area contributed by atoms with Crippen LogP contribution in [0.15, 0.2) is 65.6 Å². The van der Waals surface area contributed by atoms with Crippen LogP contribution in [-0.2, 0) is 10.0 Å². The van der Waals surface area contributed by atoms with Gasteiger partial charge in [0.1, 0.15) is 17.4 Å². The van der Waals surface area contributed by atoms with Crippen LogP contribution in [0.2, 0.25) is 0 Å². The third kappa shape index (κ3) is 4.61. The Bertz CT molecular complexity index is 1320. The summed E-state index contributed by atoms with van der Waals surface area (Å²) in [6, 6.07) is 11.7. The van der Waals surface area contributed by atoms with E-state index in [1.807, 2.05) is 0 Å². The number of aliphatic hydroxyl groups excluding tert-OH is 1. The molecule has 1 fully saturated rings. The van der Waals surface area contributed by atoms with Crippen LogP contribution >= 0.6 is 0 Å². The van der Waals surface area contributed by atoms with Gasteiger partial charge in [0.15, 0.2) is 11.5 Å². The smallest absolute Gasteiger partial charge is 0.240 e. The average molecular weight is 521 g/mol. The highest BCUT2D eigenvalue weighted by Crippen LogP contribution is 2.49. The van der Waals surface area contributed by atoms with Crippen LogP contribution in [0.1, 0.15) is 19.3 Å². The molecule has 0 amide bonds. The molecule has 3 atom stereocenters. The van der Waals surface area contributed by atoms with E-state index < -0.39 is 46.7 Å². The molecule has 1 saturated carbocycles. The molecule has 3 aromatic rings. The molecule has 7 nitrogen and oxygen atoms in total. The molecule has 0 bridgehead atoms. The molecule has 190 valence electrons. The first kappa shape index (κ1) is 24.4. The van der Waals surface area contributed by atoms with Crippen molar-refractivity contribution in [2.24, 2.45) is 0 Å². The van der Waals surface area contributed by atoms with Crippen LogP contribution in [0, 0.1) is 11.6 Å². The van der Waals surface area contributed by atoms with Crippen molar-refractivity contribution < 1.29 is 36.2 Å². The summed E-state index contributed by atoms with van der Waals surface area (Å²) in [4.78, 5) is 1.69. The maximum atomic E-state index is 13.9. The van der Waals surface area contributed by atoms with E-state index in [9.17, 15) is 26.7 Å². The molecule has 0 spiro atoms. The first-order valence-corrected chi connectivity index (χ1v) is 12.8. The molecule has 2 N–H and O–H groups in total. The fraction of sp³-hybridized carbons (Fsp3) is 0.280. The molecule has 1 aliphatic carbocycles. The van der Waals surface area contributed by atoms with Gasteiger partial charge in [-0.25, -0.2) is 26.3 Å². The van der Waals surface area contributed by atoms with Crippen molar-refractivity contribution in [3.63, 3.8) is 0 Å². The summed E-state index contributed by atoms with van der Waals surface area (Å²) in [5.74, 6) is -0.554. The largest absolute Gasteiger partial charge is 0.463 e. The lowest BCUT2D eigenvalue weighted by molar-refractivity contribution is 0.0807. The molecular formula is C25H23F3N2O5S. The molecule has 0 radical (unpaired) electrons. The Morgan fingerprint density at radius 3 is 2.17 bits per heavy atom. The lowest BCUT2D eigenvalue weighted by Gasteiger charge is -2.44. The second-order valence-corrected chi connectivity index (χ2v) is 10.4. The molecule has 2 aliphatic rings. The highest BCUT2D eigenvalue weighted by atomic mass is 32.2. The predicted molar refractivity (Wildman–Crippen MR) is 126 cm³/mol. The number of anilines is 2. The number of nitrogens with one attached hydrogen (secondary N) is 1. The van der Waals surface area contributed by atoms with Crippen LogP contribution in [0.3, 0.4) is 0 Å². The molecule has 3 aromatic carbocycles. The Labute approximate surface area is 206 Å². The summed E-state index contributed by atoms with van der Waals surface area (Å²) in [7, 11) is -4.01. The number of sulfonamides is 1. The highest BCUT2D eigenvalue weighted by molar-refractivity contribution is 7.89. The molecule has 0 aromatic heterocycles. The molecule has 11 heteroatoms.